The van der Waals surface area contributed by atoms with E-state index in [4.69, 9.17) is 5.11 Å². The minimum Gasteiger partial charge on any atom is -0.481 e. The van der Waals surface area contributed by atoms with Gasteiger partial charge in [-0.3, -0.25) is 9.59 Å². The predicted octanol–water partition coefficient (Wildman–Crippen LogP) is 1.36. The zero-order valence-corrected chi connectivity index (χ0v) is 9.40. The topological polar surface area (TPSA) is 57.6 Å². The highest BCUT2D eigenvalue weighted by molar-refractivity contribution is 5.85. The van der Waals surface area contributed by atoms with Crippen molar-refractivity contribution in [3.8, 4) is 0 Å². The molecule has 4 heteroatoms. The lowest BCUT2D eigenvalue weighted by Gasteiger charge is -2.22. The summed E-state index contributed by atoms with van der Waals surface area (Å²) in [5, 5.41) is 8.97. The van der Waals surface area contributed by atoms with Crippen molar-refractivity contribution < 1.29 is 14.7 Å². The molecule has 2 atom stereocenters. The third kappa shape index (κ3) is 2.70. The number of carboxylic acid groups (broad SMARTS) is 1. The van der Waals surface area contributed by atoms with Crippen LogP contribution < -0.4 is 0 Å². The number of hydrogen-bond acceptors (Lipinski definition) is 2. The molecule has 0 aromatic heterocycles. The Kier molecular flexibility index (Phi) is 4.12. The highest BCUT2D eigenvalue weighted by Crippen LogP contribution is 2.33. The fourth-order valence-electron chi connectivity index (χ4n) is 2.28. The van der Waals surface area contributed by atoms with E-state index in [1.807, 2.05) is 6.92 Å². The lowest BCUT2D eigenvalue weighted by atomic mass is 9.95. The molecule has 15 heavy (non-hydrogen) atoms. The molecule has 0 unspecified atom stereocenters. The average Bonchev–Trinajstić information content (AvgIpc) is 2.65. The van der Waals surface area contributed by atoms with Crippen molar-refractivity contribution in [3.05, 3.63) is 0 Å². The number of hydrogen-bond donors (Lipinski definition) is 1. The monoisotopic (exact) mass is 213 g/mol. The van der Waals surface area contributed by atoms with E-state index in [9.17, 15) is 9.59 Å². The van der Waals surface area contributed by atoms with Gasteiger partial charge in [0.1, 0.15) is 0 Å². The molecule has 0 heterocycles. The van der Waals surface area contributed by atoms with Crippen LogP contribution in [0.3, 0.4) is 0 Å². The summed E-state index contributed by atoms with van der Waals surface area (Å²) in [6.45, 7) is 2.72. The van der Waals surface area contributed by atoms with Crippen molar-refractivity contribution in [2.24, 2.45) is 11.8 Å². The molecule has 1 amide bonds. The van der Waals surface area contributed by atoms with Crippen molar-refractivity contribution in [1.29, 1.82) is 0 Å². The summed E-state index contributed by atoms with van der Waals surface area (Å²) >= 11 is 0. The van der Waals surface area contributed by atoms with E-state index in [-0.39, 0.29) is 11.8 Å². The second kappa shape index (κ2) is 5.14. The molecule has 1 fully saturated rings. The SMILES string of the molecule is CCCN(C)C(=O)[C@@H]1CCC[C@@H]1C(=O)O. The molecule has 1 aliphatic carbocycles. The van der Waals surface area contributed by atoms with Crippen LogP contribution in [0, 0.1) is 11.8 Å². The summed E-state index contributed by atoms with van der Waals surface area (Å²) in [6.07, 6.45) is 3.13. The van der Waals surface area contributed by atoms with Crippen molar-refractivity contribution >= 4 is 11.9 Å². The lowest BCUT2D eigenvalue weighted by Crippen LogP contribution is -2.37. The van der Waals surface area contributed by atoms with Crippen LogP contribution in [0.15, 0.2) is 0 Å². The van der Waals surface area contributed by atoms with Gasteiger partial charge in [-0.25, -0.2) is 0 Å². The summed E-state index contributed by atoms with van der Waals surface area (Å²) in [4.78, 5) is 24.5. The molecule has 86 valence electrons. The molecule has 0 radical (unpaired) electrons. The number of carbonyl (C=O) groups excluding carboxylic acids is 1. The van der Waals surface area contributed by atoms with Gasteiger partial charge in [-0.05, 0) is 19.3 Å². The number of carbonyl (C=O) groups is 2. The van der Waals surface area contributed by atoms with Gasteiger partial charge < -0.3 is 10.0 Å². The smallest absolute Gasteiger partial charge is 0.307 e. The van der Waals surface area contributed by atoms with Gasteiger partial charge in [-0.15, -0.1) is 0 Å². The first-order valence-electron chi connectivity index (χ1n) is 5.55. The summed E-state index contributed by atoms with van der Waals surface area (Å²) in [6, 6.07) is 0. The van der Waals surface area contributed by atoms with Crippen LogP contribution in [0.25, 0.3) is 0 Å². The molecule has 1 N–H and O–H groups in total. The summed E-state index contributed by atoms with van der Waals surface area (Å²) < 4.78 is 0. The summed E-state index contributed by atoms with van der Waals surface area (Å²) in [7, 11) is 1.75. The molecular weight excluding hydrogens is 194 g/mol. The van der Waals surface area contributed by atoms with Crippen LogP contribution in [0.2, 0.25) is 0 Å². The molecule has 1 rings (SSSR count). The van der Waals surface area contributed by atoms with Gasteiger partial charge in [-0.1, -0.05) is 13.3 Å². The molecule has 1 saturated carbocycles. The van der Waals surface area contributed by atoms with Gasteiger partial charge in [0.25, 0.3) is 0 Å². The Hall–Kier alpha value is -1.06. The zero-order valence-electron chi connectivity index (χ0n) is 9.40. The van der Waals surface area contributed by atoms with E-state index < -0.39 is 11.9 Å². The Labute approximate surface area is 90.3 Å². The van der Waals surface area contributed by atoms with Crippen LogP contribution in [-0.4, -0.2) is 35.5 Å². The maximum Gasteiger partial charge on any atom is 0.307 e. The third-order valence-corrected chi connectivity index (χ3v) is 3.09. The molecule has 0 saturated heterocycles. The Bertz CT molecular complexity index is 252. The zero-order chi connectivity index (χ0) is 11.4. The van der Waals surface area contributed by atoms with E-state index in [0.29, 0.717) is 13.0 Å². The van der Waals surface area contributed by atoms with Gasteiger partial charge in [0.15, 0.2) is 0 Å². The van der Waals surface area contributed by atoms with Crippen LogP contribution in [-0.2, 0) is 9.59 Å². The van der Waals surface area contributed by atoms with E-state index >= 15 is 0 Å². The second-order valence-corrected chi connectivity index (χ2v) is 4.24. The van der Waals surface area contributed by atoms with Gasteiger partial charge in [-0.2, -0.15) is 0 Å². The van der Waals surface area contributed by atoms with Crippen LogP contribution in [0.1, 0.15) is 32.6 Å². The first kappa shape index (κ1) is 12.0. The minimum absolute atomic E-state index is 0.00162. The molecule has 1 aliphatic rings. The van der Waals surface area contributed by atoms with Crippen molar-refractivity contribution in [2.45, 2.75) is 32.6 Å². The molecule has 0 aromatic carbocycles. The molecule has 0 aliphatic heterocycles. The Morgan fingerprint density at radius 2 is 1.93 bits per heavy atom. The van der Waals surface area contributed by atoms with E-state index in [1.54, 1.807) is 11.9 Å². The van der Waals surface area contributed by atoms with E-state index in [2.05, 4.69) is 0 Å². The fraction of sp³-hybridized carbons (Fsp3) is 0.818. The fourth-order valence-corrected chi connectivity index (χ4v) is 2.28. The number of nitrogens with zero attached hydrogens (tertiary/aromatic N) is 1. The molecule has 0 spiro atoms. The summed E-state index contributed by atoms with van der Waals surface area (Å²) in [5.41, 5.74) is 0. The van der Waals surface area contributed by atoms with Crippen molar-refractivity contribution in [2.75, 3.05) is 13.6 Å². The van der Waals surface area contributed by atoms with E-state index in [1.165, 1.54) is 0 Å². The third-order valence-electron chi connectivity index (χ3n) is 3.09. The molecule has 4 nitrogen and oxygen atoms in total. The summed E-state index contributed by atoms with van der Waals surface area (Å²) in [5.74, 6) is -1.58. The predicted molar refractivity (Wildman–Crippen MR) is 56.4 cm³/mol. The molecule has 0 aromatic rings. The van der Waals surface area contributed by atoms with Crippen LogP contribution in [0.4, 0.5) is 0 Å². The number of carboxylic acids is 1. The second-order valence-electron chi connectivity index (χ2n) is 4.24. The number of aliphatic carboxylic acids is 1. The highest BCUT2D eigenvalue weighted by atomic mass is 16.4. The highest BCUT2D eigenvalue weighted by Gasteiger charge is 2.38. The largest absolute Gasteiger partial charge is 0.481 e. The van der Waals surface area contributed by atoms with E-state index in [0.717, 1.165) is 19.3 Å². The van der Waals surface area contributed by atoms with Gasteiger partial charge in [0.2, 0.25) is 5.91 Å². The Morgan fingerprint density at radius 1 is 1.33 bits per heavy atom. The normalized spacial score (nSPS) is 25.2. The average molecular weight is 213 g/mol. The van der Waals surface area contributed by atoms with Crippen molar-refractivity contribution in [1.82, 2.24) is 4.90 Å². The van der Waals surface area contributed by atoms with Crippen LogP contribution in [0.5, 0.6) is 0 Å². The maximum atomic E-state index is 11.9. The van der Waals surface area contributed by atoms with Gasteiger partial charge >= 0.3 is 5.97 Å². The standard InChI is InChI=1S/C11H19NO3/c1-3-7-12(2)10(13)8-5-4-6-9(8)11(14)15/h8-9H,3-7H2,1-2H3,(H,14,15)/t8-,9+/m1/s1. The molecular formula is C11H19NO3. The van der Waals surface area contributed by atoms with Gasteiger partial charge in [0.05, 0.1) is 11.8 Å². The quantitative estimate of drug-likeness (QED) is 0.767. The minimum atomic E-state index is -0.823. The lowest BCUT2D eigenvalue weighted by molar-refractivity contribution is -0.148. The first-order chi connectivity index (χ1) is 7.07. The van der Waals surface area contributed by atoms with Gasteiger partial charge in [0, 0.05) is 13.6 Å². The first-order valence-corrected chi connectivity index (χ1v) is 5.55. The number of amides is 1. The van der Waals surface area contributed by atoms with Crippen LogP contribution >= 0.6 is 0 Å². The van der Waals surface area contributed by atoms with Crippen molar-refractivity contribution in [3.63, 3.8) is 0 Å². The Balaban J connectivity index is 2.62. The maximum absolute atomic E-state index is 11.9. The number of rotatable bonds is 4. The molecule has 0 bridgehead atoms. The Morgan fingerprint density at radius 3 is 2.47 bits per heavy atom.